The molecular weight excluding hydrogens is 509 g/mol. The van der Waals surface area contributed by atoms with Crippen molar-refractivity contribution in [3.63, 3.8) is 0 Å². The number of hydrogen-bond donors (Lipinski definition) is 2. The van der Waals surface area contributed by atoms with E-state index in [0.29, 0.717) is 17.9 Å². The molecule has 3 aromatic carbocycles. The van der Waals surface area contributed by atoms with E-state index in [0.717, 1.165) is 24.1 Å². The van der Waals surface area contributed by atoms with Gasteiger partial charge in [-0.05, 0) is 48.2 Å². The molecule has 2 N–H and O–H groups in total. The molecule has 3 saturated heterocycles. The molecule has 3 aliphatic heterocycles. The van der Waals surface area contributed by atoms with Gasteiger partial charge in [0.25, 0.3) is 0 Å². The summed E-state index contributed by atoms with van der Waals surface area (Å²) in [5.74, 6) is -1.46. The first-order chi connectivity index (χ1) is 18.7. The van der Waals surface area contributed by atoms with Gasteiger partial charge in [-0.1, -0.05) is 60.7 Å². The number of fused-ring (bicyclic) bond motifs is 3. The van der Waals surface area contributed by atoms with Crippen LogP contribution in [0.2, 0.25) is 0 Å². The molecular formula is C30H31F3N2O4. The summed E-state index contributed by atoms with van der Waals surface area (Å²) in [7, 11) is 1.46. The van der Waals surface area contributed by atoms with E-state index in [-0.39, 0.29) is 36.2 Å². The van der Waals surface area contributed by atoms with E-state index in [1.807, 2.05) is 36.4 Å². The number of methoxy groups -OCH3 is 1. The van der Waals surface area contributed by atoms with Crippen molar-refractivity contribution in [3.05, 3.63) is 95.6 Å². The molecule has 6 rings (SSSR count). The predicted octanol–water partition coefficient (Wildman–Crippen LogP) is 5.29. The van der Waals surface area contributed by atoms with Gasteiger partial charge in [-0.3, -0.25) is 9.69 Å². The highest BCUT2D eigenvalue weighted by molar-refractivity contribution is 5.71. The van der Waals surface area contributed by atoms with Gasteiger partial charge in [0.05, 0.1) is 13.0 Å². The van der Waals surface area contributed by atoms with Crippen LogP contribution in [0, 0.1) is 11.8 Å². The quantitative estimate of drug-likeness (QED) is 0.385. The number of alkyl halides is 3. The third-order valence-electron chi connectivity index (χ3n) is 7.94. The first-order valence-corrected chi connectivity index (χ1v) is 13.0. The smallest absolute Gasteiger partial charge is 0.496 e. The maximum absolute atomic E-state index is 12.9. The minimum atomic E-state index is -4.81. The number of rotatable bonds is 9. The van der Waals surface area contributed by atoms with E-state index in [2.05, 4.69) is 39.2 Å². The van der Waals surface area contributed by atoms with E-state index in [9.17, 15) is 23.1 Å². The van der Waals surface area contributed by atoms with Crippen LogP contribution in [-0.2, 0) is 11.3 Å². The summed E-state index contributed by atoms with van der Waals surface area (Å²) in [6, 6.07) is 24.0. The molecule has 0 amide bonds. The van der Waals surface area contributed by atoms with Crippen molar-refractivity contribution >= 4 is 5.97 Å². The van der Waals surface area contributed by atoms with E-state index < -0.39 is 18.2 Å². The largest absolute Gasteiger partial charge is 0.573 e. The fourth-order valence-electron chi connectivity index (χ4n) is 6.35. The number of nitrogens with one attached hydrogen (secondary N) is 1. The van der Waals surface area contributed by atoms with E-state index in [1.165, 1.54) is 25.3 Å². The molecule has 2 bridgehead atoms. The van der Waals surface area contributed by atoms with Crippen LogP contribution in [0.25, 0.3) is 0 Å². The molecule has 9 heteroatoms. The molecule has 3 fully saturated rings. The number of halogens is 3. The summed E-state index contributed by atoms with van der Waals surface area (Å²) in [4.78, 5) is 14.5. The first-order valence-electron chi connectivity index (χ1n) is 13.0. The van der Waals surface area contributed by atoms with Crippen molar-refractivity contribution in [2.75, 3.05) is 20.2 Å². The molecule has 3 heterocycles. The second-order valence-corrected chi connectivity index (χ2v) is 10.1. The van der Waals surface area contributed by atoms with Gasteiger partial charge in [-0.25, -0.2) is 0 Å². The first kappa shape index (κ1) is 27.0. The molecule has 0 saturated carbocycles. The second-order valence-electron chi connectivity index (χ2n) is 10.1. The summed E-state index contributed by atoms with van der Waals surface area (Å²) in [6.45, 7) is 1.43. The summed E-state index contributed by atoms with van der Waals surface area (Å²) in [5, 5.41) is 13.6. The Morgan fingerprint density at radius 2 is 1.69 bits per heavy atom. The van der Waals surface area contributed by atoms with Crippen LogP contribution in [-0.4, -0.2) is 54.6 Å². The van der Waals surface area contributed by atoms with Crippen LogP contribution in [0.5, 0.6) is 11.5 Å². The van der Waals surface area contributed by atoms with Gasteiger partial charge in [-0.15, -0.1) is 13.2 Å². The molecule has 0 aliphatic carbocycles. The highest BCUT2D eigenvalue weighted by atomic mass is 19.4. The van der Waals surface area contributed by atoms with Crippen LogP contribution in [0.4, 0.5) is 13.2 Å². The fraction of sp³-hybridized carbons (Fsp3) is 0.367. The Morgan fingerprint density at radius 1 is 1.05 bits per heavy atom. The van der Waals surface area contributed by atoms with Crippen molar-refractivity contribution in [3.8, 4) is 11.5 Å². The number of ether oxygens (including phenoxy) is 2. The Hall–Kier alpha value is -3.56. The zero-order valence-electron chi connectivity index (χ0n) is 21.5. The number of benzene rings is 3. The van der Waals surface area contributed by atoms with Gasteiger partial charge in [0.1, 0.15) is 11.5 Å². The number of aliphatic carboxylic acids is 1. The highest BCUT2D eigenvalue weighted by Gasteiger charge is 2.52. The van der Waals surface area contributed by atoms with Crippen LogP contribution >= 0.6 is 0 Å². The maximum atomic E-state index is 12.9. The molecule has 39 heavy (non-hydrogen) atoms. The lowest BCUT2D eigenvalue weighted by Crippen LogP contribution is -2.68. The number of hydrogen-bond acceptors (Lipinski definition) is 5. The van der Waals surface area contributed by atoms with Gasteiger partial charge >= 0.3 is 12.3 Å². The molecule has 6 nitrogen and oxygen atoms in total. The van der Waals surface area contributed by atoms with Crippen LogP contribution < -0.4 is 14.8 Å². The molecule has 1 unspecified atom stereocenters. The lowest BCUT2D eigenvalue weighted by atomic mass is 9.66. The van der Waals surface area contributed by atoms with Gasteiger partial charge < -0.3 is 19.9 Å². The molecule has 3 aromatic rings. The highest BCUT2D eigenvalue weighted by Crippen LogP contribution is 2.44. The van der Waals surface area contributed by atoms with Gasteiger partial charge in [0.2, 0.25) is 0 Å². The number of carboxylic acids is 1. The Kier molecular flexibility index (Phi) is 7.81. The number of carboxylic acid groups (broad SMARTS) is 1. The number of piperidine rings is 3. The molecule has 0 aromatic heterocycles. The van der Waals surface area contributed by atoms with Crippen LogP contribution in [0.3, 0.4) is 0 Å². The molecule has 0 radical (unpaired) electrons. The standard InChI is InChI=1S/C30H31F3N2O4/c1-38-25-13-12-22(39-30(31,32)33)16-21(25)17-34-27-23-14-15-35(18-24(23)29(36)37)28(27)26(19-8-4-2-5-9-19)20-10-6-3-7-11-20/h2-13,16,23-24,26-28,34H,14-15,17-18H2,1H3,(H,36,37)/t23-,24-,27-,28-/m0/s1. The predicted molar refractivity (Wildman–Crippen MR) is 140 cm³/mol. The van der Waals surface area contributed by atoms with Crippen molar-refractivity contribution in [2.24, 2.45) is 11.8 Å². The maximum Gasteiger partial charge on any atom is 0.573 e. The number of nitrogens with zero attached hydrogens (tertiary/aromatic N) is 1. The van der Waals surface area contributed by atoms with Crippen molar-refractivity contribution in [1.82, 2.24) is 10.2 Å². The topological polar surface area (TPSA) is 71.0 Å². The fourth-order valence-corrected chi connectivity index (χ4v) is 6.35. The number of carbonyl (C=O) groups is 1. The van der Waals surface area contributed by atoms with E-state index >= 15 is 0 Å². The minimum Gasteiger partial charge on any atom is -0.496 e. The Balaban J connectivity index is 1.52. The monoisotopic (exact) mass is 540 g/mol. The van der Waals surface area contributed by atoms with Gasteiger partial charge in [0, 0.05) is 36.7 Å². The summed E-state index contributed by atoms with van der Waals surface area (Å²) < 4.78 is 48.2. The third kappa shape index (κ3) is 5.89. The molecule has 3 aliphatic rings. The van der Waals surface area contributed by atoms with Gasteiger partial charge in [0.15, 0.2) is 0 Å². The minimum absolute atomic E-state index is 0.0377. The third-order valence-corrected chi connectivity index (χ3v) is 7.94. The second kappa shape index (κ2) is 11.3. The average Bonchev–Trinajstić information content (AvgIpc) is 2.93. The lowest BCUT2D eigenvalue weighted by molar-refractivity contribution is -0.274. The Bertz CT molecular complexity index is 1230. The molecule has 0 spiro atoms. The Labute approximate surface area is 225 Å². The van der Waals surface area contributed by atoms with Crippen molar-refractivity contribution in [1.29, 1.82) is 0 Å². The zero-order valence-corrected chi connectivity index (χ0v) is 21.5. The molecule has 206 valence electrons. The van der Waals surface area contributed by atoms with E-state index in [4.69, 9.17) is 4.74 Å². The van der Waals surface area contributed by atoms with Crippen molar-refractivity contribution < 1.29 is 32.5 Å². The van der Waals surface area contributed by atoms with Gasteiger partial charge in [-0.2, -0.15) is 0 Å². The zero-order chi connectivity index (χ0) is 27.6. The summed E-state index contributed by atoms with van der Waals surface area (Å²) in [5.41, 5.74) is 2.74. The van der Waals surface area contributed by atoms with Crippen LogP contribution in [0.15, 0.2) is 78.9 Å². The Morgan fingerprint density at radius 3 is 2.26 bits per heavy atom. The van der Waals surface area contributed by atoms with Crippen LogP contribution in [0.1, 0.15) is 29.0 Å². The molecule has 5 atom stereocenters. The average molecular weight is 541 g/mol. The lowest BCUT2D eigenvalue weighted by Gasteiger charge is -2.56. The summed E-state index contributed by atoms with van der Waals surface area (Å²) >= 11 is 0. The normalized spacial score (nSPS) is 24.5. The summed E-state index contributed by atoms with van der Waals surface area (Å²) in [6.07, 6.45) is -4.09. The van der Waals surface area contributed by atoms with E-state index in [1.54, 1.807) is 0 Å². The van der Waals surface area contributed by atoms with Crippen molar-refractivity contribution in [2.45, 2.75) is 37.3 Å². The SMILES string of the molecule is COc1ccc(OC(F)(F)F)cc1CN[C@H]1[C@H]2CCN(C[C@@H]2C(=O)O)[C@H]1C(c1ccccc1)c1ccccc1.